The van der Waals surface area contributed by atoms with Crippen LogP contribution in [0.4, 0.5) is 10.1 Å². The molecule has 0 unspecified atom stereocenters. The maximum atomic E-state index is 13.9. The monoisotopic (exact) mass is 400 g/mol. The van der Waals surface area contributed by atoms with Crippen molar-refractivity contribution in [2.75, 3.05) is 18.9 Å². The maximum absolute atomic E-state index is 13.9. The van der Waals surface area contributed by atoms with E-state index >= 15 is 0 Å². The molecule has 0 aliphatic carbocycles. The lowest BCUT2D eigenvalue weighted by Crippen LogP contribution is -2.51. The zero-order chi connectivity index (χ0) is 20.9. The number of hydrogen-bond acceptors (Lipinski definition) is 3. The van der Waals surface area contributed by atoms with E-state index in [0.717, 1.165) is 16.8 Å². The van der Waals surface area contributed by atoms with Crippen molar-refractivity contribution in [2.24, 2.45) is 5.92 Å². The third-order valence-electron chi connectivity index (χ3n) is 6.50. The van der Waals surface area contributed by atoms with Crippen LogP contribution >= 0.6 is 0 Å². The number of nitrogens with one attached hydrogen (secondary N) is 1. The summed E-state index contributed by atoms with van der Waals surface area (Å²) in [5, 5.41) is 2.99. The van der Waals surface area contributed by atoms with Crippen molar-refractivity contribution in [1.29, 1.82) is 0 Å². The first-order chi connectivity index (χ1) is 14.5. The van der Waals surface area contributed by atoms with Crippen molar-refractivity contribution >= 4 is 17.4 Å². The van der Waals surface area contributed by atoms with Crippen molar-refractivity contribution < 1.29 is 14.0 Å². The van der Waals surface area contributed by atoms with Crippen LogP contribution in [-0.2, 0) is 10.3 Å². The highest BCUT2D eigenvalue weighted by Gasteiger charge is 2.64. The molecule has 3 atom stereocenters. The highest BCUT2D eigenvalue weighted by molar-refractivity contribution is 6.12. The highest BCUT2D eigenvalue weighted by atomic mass is 19.1. The first-order valence-electron chi connectivity index (χ1n) is 10.0. The van der Waals surface area contributed by atoms with Crippen LogP contribution in [0.2, 0.25) is 0 Å². The molecular weight excluding hydrogens is 379 g/mol. The van der Waals surface area contributed by atoms with Crippen molar-refractivity contribution in [3.63, 3.8) is 0 Å². The van der Waals surface area contributed by atoms with Gasteiger partial charge in [-0.15, -0.1) is 0 Å². The van der Waals surface area contributed by atoms with Gasteiger partial charge >= 0.3 is 0 Å². The number of para-hydroxylation sites is 1. The summed E-state index contributed by atoms with van der Waals surface area (Å²) in [4.78, 5) is 29.3. The minimum Gasteiger partial charge on any atom is -0.324 e. The Morgan fingerprint density at radius 2 is 1.67 bits per heavy atom. The molecule has 1 fully saturated rings. The molecule has 4 nitrogen and oxygen atoms in total. The van der Waals surface area contributed by atoms with Crippen LogP contribution < -0.4 is 5.32 Å². The second kappa shape index (κ2) is 6.89. The second-order valence-electron chi connectivity index (χ2n) is 8.01. The van der Waals surface area contributed by atoms with Gasteiger partial charge in [-0.05, 0) is 30.8 Å². The molecule has 5 rings (SSSR count). The van der Waals surface area contributed by atoms with Gasteiger partial charge in [-0.2, -0.15) is 0 Å². The molecule has 30 heavy (non-hydrogen) atoms. The number of amides is 1. The predicted molar refractivity (Wildman–Crippen MR) is 113 cm³/mol. The lowest BCUT2D eigenvalue weighted by atomic mass is 9.70. The lowest BCUT2D eigenvalue weighted by Gasteiger charge is -2.35. The van der Waals surface area contributed by atoms with Crippen LogP contribution in [0.15, 0.2) is 78.9 Å². The van der Waals surface area contributed by atoms with Gasteiger partial charge in [0.15, 0.2) is 5.78 Å². The molecule has 3 aromatic rings. The Labute approximate surface area is 174 Å². The Kier molecular flexibility index (Phi) is 4.29. The van der Waals surface area contributed by atoms with E-state index in [1.165, 1.54) is 12.1 Å². The molecule has 0 saturated carbocycles. The largest absolute Gasteiger partial charge is 0.324 e. The Hall–Kier alpha value is -3.31. The number of anilines is 1. The van der Waals surface area contributed by atoms with Crippen molar-refractivity contribution in [2.45, 2.75) is 11.5 Å². The van der Waals surface area contributed by atoms with Crippen LogP contribution in [0, 0.1) is 11.7 Å². The van der Waals surface area contributed by atoms with E-state index in [4.69, 9.17) is 0 Å². The van der Waals surface area contributed by atoms with E-state index in [2.05, 4.69) is 5.32 Å². The topological polar surface area (TPSA) is 49.4 Å². The maximum Gasteiger partial charge on any atom is 0.250 e. The van der Waals surface area contributed by atoms with Crippen LogP contribution in [0.5, 0.6) is 0 Å². The molecule has 3 aromatic carbocycles. The Bertz CT molecular complexity index is 1130. The zero-order valence-electron chi connectivity index (χ0n) is 16.5. The fourth-order valence-electron chi connectivity index (χ4n) is 5.19. The van der Waals surface area contributed by atoms with Gasteiger partial charge in [0.2, 0.25) is 5.91 Å². The number of nitrogens with zero attached hydrogens (tertiary/aromatic N) is 1. The molecule has 1 amide bonds. The molecule has 2 heterocycles. The number of benzene rings is 3. The summed E-state index contributed by atoms with van der Waals surface area (Å²) in [6, 6.07) is 22.9. The van der Waals surface area contributed by atoms with E-state index in [1.54, 1.807) is 24.3 Å². The fourth-order valence-corrected chi connectivity index (χ4v) is 5.19. The molecule has 2 aliphatic rings. The molecular formula is C25H21FN2O2. The molecule has 2 aliphatic heterocycles. The number of likely N-dealkylation sites (tertiary alicyclic amines) is 1. The number of carbonyl (C=O) groups is 2. The van der Waals surface area contributed by atoms with Crippen molar-refractivity contribution in [3.05, 3.63) is 101 Å². The quantitative estimate of drug-likeness (QED) is 0.671. The fraction of sp³-hybridized carbons (Fsp3) is 0.200. The van der Waals surface area contributed by atoms with Crippen molar-refractivity contribution in [3.8, 4) is 0 Å². The minimum absolute atomic E-state index is 0.0823. The normalized spacial score (nSPS) is 25.3. The predicted octanol–water partition coefficient (Wildman–Crippen LogP) is 4.20. The summed E-state index contributed by atoms with van der Waals surface area (Å²) in [7, 11) is 1.89. The Morgan fingerprint density at radius 1 is 1.00 bits per heavy atom. The van der Waals surface area contributed by atoms with E-state index in [1.807, 2.05) is 54.4 Å². The third kappa shape index (κ3) is 2.55. The van der Waals surface area contributed by atoms with Gasteiger partial charge in [0.25, 0.3) is 0 Å². The number of fused-ring (bicyclic) bond motifs is 2. The van der Waals surface area contributed by atoms with Crippen LogP contribution in [0.25, 0.3) is 0 Å². The number of carbonyl (C=O) groups excluding carboxylic acids is 2. The molecule has 0 aromatic heterocycles. The average Bonchev–Trinajstić information content (AvgIpc) is 3.24. The van der Waals surface area contributed by atoms with Gasteiger partial charge in [-0.1, -0.05) is 60.7 Å². The molecule has 5 heteroatoms. The third-order valence-corrected chi connectivity index (χ3v) is 6.50. The smallest absolute Gasteiger partial charge is 0.250 e. The van der Waals surface area contributed by atoms with Crippen LogP contribution in [-0.4, -0.2) is 30.2 Å². The molecule has 1 saturated heterocycles. The number of likely N-dealkylation sites (N-methyl/N-ethyl adjacent to an activating group) is 1. The molecule has 1 spiro atoms. The molecule has 0 bridgehead atoms. The number of ketones is 1. The van der Waals surface area contributed by atoms with Crippen LogP contribution in [0.3, 0.4) is 0 Å². The number of halogens is 1. The molecule has 0 radical (unpaired) electrons. The van der Waals surface area contributed by atoms with E-state index < -0.39 is 11.5 Å². The zero-order valence-corrected chi connectivity index (χ0v) is 16.5. The summed E-state index contributed by atoms with van der Waals surface area (Å²) >= 11 is 0. The van der Waals surface area contributed by atoms with Gasteiger partial charge in [0, 0.05) is 29.3 Å². The standard InChI is InChI=1S/C25H21FN2O2/c1-28-15-19(16-11-13-18(26)14-12-16)22(23(29)17-7-3-2-4-8-17)25(28)20-9-5-6-10-21(20)27-24(25)30/h2-14,19,22H,15H2,1H3,(H,27,30)/t19-,22+,25+/m1/s1. The summed E-state index contributed by atoms with van der Waals surface area (Å²) in [6.45, 7) is 0.511. The van der Waals surface area contributed by atoms with Gasteiger partial charge in [-0.25, -0.2) is 4.39 Å². The highest BCUT2D eigenvalue weighted by Crippen LogP contribution is 2.55. The van der Waals surface area contributed by atoms with Crippen LogP contribution in [0.1, 0.15) is 27.4 Å². The summed E-state index contributed by atoms with van der Waals surface area (Å²) < 4.78 is 13.6. The molecule has 150 valence electrons. The molecule has 1 N–H and O–H groups in total. The van der Waals surface area contributed by atoms with Crippen molar-refractivity contribution in [1.82, 2.24) is 4.90 Å². The Balaban J connectivity index is 1.73. The summed E-state index contributed by atoms with van der Waals surface area (Å²) in [5.41, 5.74) is 1.87. The average molecular weight is 400 g/mol. The van der Waals surface area contributed by atoms with E-state index in [0.29, 0.717) is 12.1 Å². The summed E-state index contributed by atoms with van der Waals surface area (Å²) in [5.74, 6) is -1.49. The van der Waals surface area contributed by atoms with Gasteiger partial charge < -0.3 is 5.32 Å². The number of hydrogen-bond donors (Lipinski definition) is 1. The summed E-state index contributed by atoms with van der Waals surface area (Å²) in [6.07, 6.45) is 0. The van der Waals surface area contributed by atoms with E-state index in [9.17, 15) is 14.0 Å². The van der Waals surface area contributed by atoms with E-state index in [-0.39, 0.29) is 23.4 Å². The Morgan fingerprint density at radius 3 is 2.40 bits per heavy atom. The van der Waals surface area contributed by atoms with Gasteiger partial charge in [-0.3, -0.25) is 14.5 Å². The number of Topliss-reactive ketones (excluding diaryl/α,β-unsaturated/α-hetero) is 1. The second-order valence-corrected chi connectivity index (χ2v) is 8.01. The first-order valence-corrected chi connectivity index (χ1v) is 10.0. The minimum atomic E-state index is -1.11. The SMILES string of the molecule is CN1C[C@H](c2ccc(F)cc2)[C@@H](C(=O)c2ccccc2)[C@@]12C(=O)Nc1ccccc12. The first kappa shape index (κ1) is 18.7. The lowest BCUT2D eigenvalue weighted by molar-refractivity contribution is -0.126. The van der Waals surface area contributed by atoms with Gasteiger partial charge in [0.1, 0.15) is 11.4 Å². The van der Waals surface area contributed by atoms with Gasteiger partial charge in [0.05, 0.1) is 5.92 Å². The number of rotatable bonds is 3.